The zero-order valence-corrected chi connectivity index (χ0v) is 21.1. The zero-order chi connectivity index (χ0) is 24.9. The number of carbonyl (C=O) groups is 2. The Balaban J connectivity index is 1.35. The highest BCUT2D eigenvalue weighted by Gasteiger charge is 2.36. The van der Waals surface area contributed by atoms with Gasteiger partial charge in [0.25, 0.3) is 0 Å². The third-order valence-corrected chi connectivity index (χ3v) is 8.28. The second-order valence-electron chi connectivity index (χ2n) is 10.6. The molecule has 5 rings (SSSR count). The maximum atomic E-state index is 13.7. The van der Waals surface area contributed by atoms with Gasteiger partial charge in [0.1, 0.15) is 0 Å². The first-order valence-corrected chi connectivity index (χ1v) is 13.5. The van der Waals surface area contributed by atoms with Crippen LogP contribution in [0, 0.1) is 5.92 Å². The van der Waals surface area contributed by atoms with Crippen LogP contribution in [-0.2, 0) is 22.7 Å². The van der Waals surface area contributed by atoms with E-state index in [1.165, 1.54) is 17.5 Å². The number of hydrogen-bond acceptors (Lipinski definition) is 5. The van der Waals surface area contributed by atoms with Crippen LogP contribution in [-0.4, -0.2) is 71.3 Å². The lowest BCUT2D eigenvalue weighted by atomic mass is 9.96. The molecule has 3 N–H and O–H groups in total. The SMILES string of the molecule is NC(=O)C1CCN(CC(=O)N2Cc3ccccc3NCC[C@@H]3CC[C@H](C2)N3Cc2ccccc2)CC1. The third kappa shape index (κ3) is 5.90. The van der Waals surface area contributed by atoms with Crippen molar-refractivity contribution >= 4 is 17.5 Å². The standard InChI is InChI=1S/C29H39N5O2/c30-29(36)23-13-16-32(17-14-23)21-28(35)33-19-24-8-4-5-9-27(24)31-15-12-25-10-11-26(20-33)34(25)18-22-6-2-1-3-7-22/h1-9,23,25-26,31H,10-21H2,(H2,30,36)/t25-,26+/m0/s1. The number of carbonyl (C=O) groups excluding carboxylic acids is 2. The molecule has 192 valence electrons. The van der Waals surface area contributed by atoms with Crippen molar-refractivity contribution in [3.63, 3.8) is 0 Å². The molecule has 2 bridgehead atoms. The number of piperidine rings is 1. The van der Waals surface area contributed by atoms with Crippen molar-refractivity contribution in [1.29, 1.82) is 0 Å². The first-order valence-electron chi connectivity index (χ1n) is 13.5. The van der Waals surface area contributed by atoms with Crippen LogP contribution in [0.3, 0.4) is 0 Å². The van der Waals surface area contributed by atoms with Crippen LogP contribution in [0.2, 0.25) is 0 Å². The molecule has 2 fully saturated rings. The highest BCUT2D eigenvalue weighted by molar-refractivity contribution is 5.79. The van der Waals surface area contributed by atoms with Gasteiger partial charge >= 0.3 is 0 Å². The molecule has 2 atom stereocenters. The van der Waals surface area contributed by atoms with E-state index < -0.39 is 0 Å². The second kappa shape index (κ2) is 11.4. The number of rotatable bonds is 5. The van der Waals surface area contributed by atoms with Crippen LogP contribution in [0.1, 0.15) is 43.2 Å². The molecular formula is C29H39N5O2. The number of nitrogens with zero attached hydrogens (tertiary/aromatic N) is 3. The van der Waals surface area contributed by atoms with Crippen molar-refractivity contribution < 1.29 is 9.59 Å². The summed E-state index contributed by atoms with van der Waals surface area (Å²) < 4.78 is 0. The van der Waals surface area contributed by atoms with Crippen molar-refractivity contribution in [3.8, 4) is 0 Å². The molecule has 0 spiro atoms. The average Bonchev–Trinajstić information content (AvgIpc) is 3.24. The predicted molar refractivity (Wildman–Crippen MR) is 142 cm³/mol. The summed E-state index contributed by atoms with van der Waals surface area (Å²) in [6.07, 6.45) is 4.87. The monoisotopic (exact) mass is 489 g/mol. The topological polar surface area (TPSA) is 81.9 Å². The van der Waals surface area contributed by atoms with Crippen LogP contribution in [0.4, 0.5) is 5.69 Å². The maximum absolute atomic E-state index is 13.7. The summed E-state index contributed by atoms with van der Waals surface area (Å²) in [4.78, 5) is 32.2. The van der Waals surface area contributed by atoms with Gasteiger partial charge in [-0.3, -0.25) is 19.4 Å². The van der Waals surface area contributed by atoms with E-state index in [1.54, 1.807) is 0 Å². The normalized spacial score (nSPS) is 23.9. The van der Waals surface area contributed by atoms with Crippen LogP contribution < -0.4 is 11.1 Å². The Kier molecular flexibility index (Phi) is 7.87. The number of para-hydroxylation sites is 1. The highest BCUT2D eigenvalue weighted by Crippen LogP contribution is 2.31. The largest absolute Gasteiger partial charge is 0.385 e. The Labute approximate surface area is 214 Å². The lowest BCUT2D eigenvalue weighted by molar-refractivity contribution is -0.134. The second-order valence-corrected chi connectivity index (χ2v) is 10.6. The molecule has 0 aliphatic carbocycles. The quantitative estimate of drug-likeness (QED) is 0.675. The van der Waals surface area contributed by atoms with Crippen LogP contribution in [0.15, 0.2) is 54.6 Å². The Hall–Kier alpha value is -2.90. The smallest absolute Gasteiger partial charge is 0.237 e. The van der Waals surface area contributed by atoms with Gasteiger partial charge in [-0.05, 0) is 62.4 Å². The number of nitrogens with two attached hydrogens (primary N) is 1. The summed E-state index contributed by atoms with van der Waals surface area (Å²) >= 11 is 0. The number of hydrogen-bond donors (Lipinski definition) is 2. The fraction of sp³-hybridized carbons (Fsp3) is 0.517. The molecule has 2 aromatic rings. The van der Waals surface area contributed by atoms with E-state index in [-0.39, 0.29) is 17.7 Å². The van der Waals surface area contributed by atoms with Crippen LogP contribution >= 0.6 is 0 Å². The zero-order valence-electron chi connectivity index (χ0n) is 21.1. The van der Waals surface area contributed by atoms with Gasteiger partial charge in [0, 0.05) is 49.9 Å². The predicted octanol–water partition coefficient (Wildman–Crippen LogP) is 3.06. The number of amides is 2. The molecule has 3 heterocycles. The molecule has 0 saturated carbocycles. The van der Waals surface area contributed by atoms with E-state index >= 15 is 0 Å². The number of benzene rings is 2. The van der Waals surface area contributed by atoms with E-state index in [0.29, 0.717) is 25.2 Å². The van der Waals surface area contributed by atoms with E-state index in [1.807, 2.05) is 0 Å². The number of primary amides is 1. The Morgan fingerprint density at radius 2 is 1.61 bits per heavy atom. The van der Waals surface area contributed by atoms with Gasteiger partial charge in [-0.25, -0.2) is 0 Å². The molecule has 3 aliphatic rings. The van der Waals surface area contributed by atoms with Crippen molar-refractivity contribution in [3.05, 3.63) is 65.7 Å². The van der Waals surface area contributed by atoms with E-state index in [0.717, 1.165) is 64.1 Å². The first kappa shape index (κ1) is 24.8. The Bertz CT molecular complexity index is 1040. The fourth-order valence-corrected chi connectivity index (χ4v) is 6.16. The molecule has 36 heavy (non-hydrogen) atoms. The van der Waals surface area contributed by atoms with E-state index in [2.05, 4.69) is 74.6 Å². The number of likely N-dealkylation sites (tertiary alicyclic amines) is 1. The summed E-state index contributed by atoms with van der Waals surface area (Å²) in [5, 5.41) is 3.67. The van der Waals surface area contributed by atoms with Gasteiger partial charge < -0.3 is 16.0 Å². The lowest BCUT2D eigenvalue weighted by Crippen LogP contribution is -2.48. The number of fused-ring (bicyclic) bond motifs is 3. The first-order chi connectivity index (χ1) is 17.6. The van der Waals surface area contributed by atoms with Gasteiger partial charge in [-0.15, -0.1) is 0 Å². The van der Waals surface area contributed by atoms with Gasteiger partial charge in [0.05, 0.1) is 6.54 Å². The van der Waals surface area contributed by atoms with E-state index in [4.69, 9.17) is 5.73 Å². The molecule has 0 aromatic heterocycles. The van der Waals surface area contributed by atoms with Gasteiger partial charge in [0.15, 0.2) is 0 Å². The summed E-state index contributed by atoms with van der Waals surface area (Å²) in [5.41, 5.74) is 9.14. The molecule has 2 saturated heterocycles. The molecule has 2 amide bonds. The van der Waals surface area contributed by atoms with Crippen molar-refractivity contribution in [2.75, 3.05) is 38.0 Å². The summed E-state index contributed by atoms with van der Waals surface area (Å²) in [6.45, 7) is 5.10. The third-order valence-electron chi connectivity index (χ3n) is 8.28. The van der Waals surface area contributed by atoms with Gasteiger partial charge in [-0.2, -0.15) is 0 Å². The van der Waals surface area contributed by atoms with Crippen molar-refractivity contribution in [1.82, 2.24) is 14.7 Å². The lowest BCUT2D eigenvalue weighted by Gasteiger charge is -2.35. The van der Waals surface area contributed by atoms with Gasteiger partial charge in [-0.1, -0.05) is 48.5 Å². The summed E-state index contributed by atoms with van der Waals surface area (Å²) in [6, 6.07) is 20.0. The minimum Gasteiger partial charge on any atom is -0.385 e. The van der Waals surface area contributed by atoms with Crippen LogP contribution in [0.25, 0.3) is 0 Å². The molecule has 0 unspecified atom stereocenters. The fourth-order valence-electron chi connectivity index (χ4n) is 6.16. The molecule has 0 radical (unpaired) electrons. The minimum atomic E-state index is -0.216. The average molecular weight is 490 g/mol. The van der Waals surface area contributed by atoms with Crippen molar-refractivity contribution in [2.24, 2.45) is 11.7 Å². The maximum Gasteiger partial charge on any atom is 0.237 e. The van der Waals surface area contributed by atoms with E-state index in [9.17, 15) is 9.59 Å². The molecule has 7 heteroatoms. The summed E-state index contributed by atoms with van der Waals surface area (Å²) in [5.74, 6) is -0.106. The minimum absolute atomic E-state index is 0.0611. The Morgan fingerprint density at radius 1 is 0.889 bits per heavy atom. The molecule has 7 nitrogen and oxygen atoms in total. The highest BCUT2D eigenvalue weighted by atomic mass is 16.2. The molecule has 2 aromatic carbocycles. The summed E-state index contributed by atoms with van der Waals surface area (Å²) in [7, 11) is 0. The number of nitrogens with one attached hydrogen (secondary N) is 1. The Morgan fingerprint density at radius 3 is 2.39 bits per heavy atom. The van der Waals surface area contributed by atoms with Gasteiger partial charge in [0.2, 0.25) is 11.8 Å². The number of anilines is 1. The molecular weight excluding hydrogens is 450 g/mol. The van der Waals surface area contributed by atoms with Crippen LogP contribution in [0.5, 0.6) is 0 Å². The molecule has 3 aliphatic heterocycles. The van der Waals surface area contributed by atoms with Crippen molar-refractivity contribution in [2.45, 2.75) is 57.3 Å².